The standard InChI is InChI=1S/C40H71N3O6/c1-6-7-8-9-10-11-12-13-14-15-16-17-18-21-25-39(26-24-27-39)43(36(41)47)40(28-22-19-20-23-29-40)32(35(45)46)30-42-34(44)33-37(2,3)31-48-38(4,5)49-33/h14-15,32-33H,6-13,16-31H2,1-5H3,(H2,41,47)(H,42,44)(H,45,46)/b15-14+. The lowest BCUT2D eigenvalue weighted by molar-refractivity contribution is -0.304. The van der Waals surface area contributed by atoms with Crippen molar-refractivity contribution in [3.63, 3.8) is 0 Å². The molecule has 2 aliphatic carbocycles. The average molecular weight is 690 g/mol. The zero-order valence-corrected chi connectivity index (χ0v) is 31.8. The van der Waals surface area contributed by atoms with Crippen molar-refractivity contribution in [2.45, 2.75) is 199 Å². The molecule has 0 radical (unpaired) electrons. The van der Waals surface area contributed by atoms with E-state index in [9.17, 15) is 19.5 Å². The quantitative estimate of drug-likeness (QED) is 0.0626. The first-order chi connectivity index (χ1) is 23.3. The predicted octanol–water partition coefficient (Wildman–Crippen LogP) is 9.02. The van der Waals surface area contributed by atoms with Gasteiger partial charge < -0.3 is 30.5 Å². The second-order valence-electron chi connectivity index (χ2n) is 16.6. The van der Waals surface area contributed by atoms with Crippen LogP contribution in [0.2, 0.25) is 0 Å². The van der Waals surface area contributed by atoms with Crippen LogP contribution in [-0.4, -0.2) is 64.0 Å². The largest absolute Gasteiger partial charge is 0.481 e. The molecular formula is C40H71N3O6. The topological polar surface area (TPSA) is 131 Å². The fraction of sp³-hybridized carbons (Fsp3) is 0.875. The van der Waals surface area contributed by atoms with Gasteiger partial charge in [0.05, 0.1) is 18.1 Å². The van der Waals surface area contributed by atoms with Gasteiger partial charge in [-0.2, -0.15) is 0 Å². The summed E-state index contributed by atoms with van der Waals surface area (Å²) in [6.45, 7) is 9.90. The number of unbranched alkanes of at least 4 members (excludes halogenated alkanes) is 10. The number of aliphatic carboxylic acids is 1. The van der Waals surface area contributed by atoms with E-state index in [-0.39, 0.29) is 12.5 Å². The second kappa shape index (κ2) is 19.5. The summed E-state index contributed by atoms with van der Waals surface area (Å²) >= 11 is 0. The Balaban J connectivity index is 1.66. The molecule has 2 atom stereocenters. The SMILES string of the molecule is CCCCCCCCC/C=C/CCCCCC1(N(C(N)=O)C2(C(CNC(=O)C3OC(C)(C)OCC3(C)C)C(=O)O)CCCCCC2)CCC1. The van der Waals surface area contributed by atoms with E-state index in [1.165, 1.54) is 44.9 Å². The van der Waals surface area contributed by atoms with Gasteiger partial charge in [0.25, 0.3) is 0 Å². The highest BCUT2D eigenvalue weighted by Gasteiger charge is 2.57. The van der Waals surface area contributed by atoms with Gasteiger partial charge in [0.1, 0.15) is 6.10 Å². The Hall–Kier alpha value is -2.13. The minimum Gasteiger partial charge on any atom is -0.481 e. The van der Waals surface area contributed by atoms with Crippen LogP contribution < -0.4 is 11.1 Å². The van der Waals surface area contributed by atoms with Crippen molar-refractivity contribution in [1.29, 1.82) is 0 Å². The fourth-order valence-corrected chi connectivity index (χ4v) is 8.64. The Morgan fingerprint density at radius 1 is 0.837 bits per heavy atom. The molecule has 2 saturated carbocycles. The smallest absolute Gasteiger partial charge is 0.315 e. The van der Waals surface area contributed by atoms with E-state index < -0.39 is 46.3 Å². The van der Waals surface area contributed by atoms with Gasteiger partial charge in [0.2, 0.25) is 5.91 Å². The van der Waals surface area contributed by atoms with Crippen LogP contribution >= 0.6 is 0 Å². The molecule has 0 spiro atoms. The summed E-state index contributed by atoms with van der Waals surface area (Å²) in [4.78, 5) is 42.3. The molecule has 1 aliphatic heterocycles. The Kier molecular flexibility index (Phi) is 16.4. The molecule has 3 amide bonds. The third-order valence-electron chi connectivity index (χ3n) is 11.6. The Morgan fingerprint density at radius 2 is 1.41 bits per heavy atom. The van der Waals surface area contributed by atoms with Gasteiger partial charge in [-0.25, -0.2) is 4.79 Å². The van der Waals surface area contributed by atoms with Crippen molar-refractivity contribution in [3.05, 3.63) is 12.2 Å². The van der Waals surface area contributed by atoms with Crippen molar-refractivity contribution in [2.24, 2.45) is 17.1 Å². The summed E-state index contributed by atoms with van der Waals surface area (Å²) in [5.74, 6) is -3.26. The molecule has 9 heteroatoms. The van der Waals surface area contributed by atoms with Crippen LogP contribution in [0.15, 0.2) is 12.2 Å². The van der Waals surface area contributed by atoms with Crippen molar-refractivity contribution < 1.29 is 29.0 Å². The molecule has 4 N–H and O–H groups in total. The van der Waals surface area contributed by atoms with Crippen LogP contribution in [0, 0.1) is 11.3 Å². The van der Waals surface area contributed by atoms with Crippen molar-refractivity contribution in [2.75, 3.05) is 13.2 Å². The molecule has 49 heavy (non-hydrogen) atoms. The molecule has 9 nitrogen and oxygen atoms in total. The number of amides is 3. The van der Waals surface area contributed by atoms with Gasteiger partial charge in [0, 0.05) is 17.5 Å². The third kappa shape index (κ3) is 11.7. The van der Waals surface area contributed by atoms with E-state index in [1.54, 1.807) is 13.8 Å². The number of nitrogens with two attached hydrogens (primary N) is 1. The Labute approximate surface area is 297 Å². The molecule has 0 aromatic carbocycles. The van der Waals surface area contributed by atoms with Gasteiger partial charge in [-0.1, -0.05) is 110 Å². The Bertz CT molecular complexity index is 1060. The summed E-state index contributed by atoms with van der Waals surface area (Å²) in [5, 5.41) is 13.8. The zero-order chi connectivity index (χ0) is 36.0. The third-order valence-corrected chi connectivity index (χ3v) is 11.6. The van der Waals surface area contributed by atoms with Crippen LogP contribution in [0.5, 0.6) is 0 Å². The number of carbonyl (C=O) groups excluding carboxylic acids is 2. The molecule has 282 valence electrons. The van der Waals surface area contributed by atoms with E-state index in [1.807, 2.05) is 18.7 Å². The minimum atomic E-state index is -1.00. The first-order valence-electron chi connectivity index (χ1n) is 19.9. The number of rotatable bonds is 21. The molecule has 3 rings (SSSR count). The van der Waals surface area contributed by atoms with E-state index in [2.05, 4.69) is 24.4 Å². The predicted molar refractivity (Wildman–Crippen MR) is 196 cm³/mol. The maximum Gasteiger partial charge on any atom is 0.315 e. The maximum atomic E-state index is 13.6. The van der Waals surface area contributed by atoms with Crippen molar-refractivity contribution in [1.82, 2.24) is 10.2 Å². The van der Waals surface area contributed by atoms with Gasteiger partial charge in [-0.15, -0.1) is 0 Å². The number of carboxylic acid groups (broad SMARTS) is 1. The molecule has 3 fully saturated rings. The normalized spacial score (nSPS) is 23.2. The highest BCUT2D eigenvalue weighted by Crippen LogP contribution is 2.51. The van der Waals surface area contributed by atoms with E-state index >= 15 is 0 Å². The number of urea groups is 1. The van der Waals surface area contributed by atoms with Crippen LogP contribution in [0.25, 0.3) is 0 Å². The van der Waals surface area contributed by atoms with Gasteiger partial charge in [0.15, 0.2) is 5.79 Å². The van der Waals surface area contributed by atoms with Crippen molar-refractivity contribution >= 4 is 17.9 Å². The molecule has 3 aliphatic rings. The summed E-state index contributed by atoms with van der Waals surface area (Å²) in [6.07, 6.45) is 26.9. The minimum absolute atomic E-state index is 0.0869. The van der Waals surface area contributed by atoms with Crippen LogP contribution in [0.4, 0.5) is 4.79 Å². The molecule has 0 bridgehead atoms. The van der Waals surface area contributed by atoms with Crippen LogP contribution in [0.1, 0.15) is 176 Å². The number of nitrogens with one attached hydrogen (secondary N) is 1. The van der Waals surface area contributed by atoms with Crippen molar-refractivity contribution in [3.8, 4) is 0 Å². The highest BCUT2D eigenvalue weighted by molar-refractivity contribution is 5.83. The molecule has 2 unspecified atom stereocenters. The zero-order valence-electron chi connectivity index (χ0n) is 31.8. The summed E-state index contributed by atoms with van der Waals surface area (Å²) in [5.41, 5.74) is 4.30. The first kappa shape index (κ1) is 41.3. The van der Waals surface area contributed by atoms with Crippen LogP contribution in [-0.2, 0) is 19.1 Å². The lowest BCUT2D eigenvalue weighted by atomic mass is 9.66. The van der Waals surface area contributed by atoms with Gasteiger partial charge in [-0.05, 0) is 78.1 Å². The summed E-state index contributed by atoms with van der Waals surface area (Å²) in [7, 11) is 0. The lowest BCUT2D eigenvalue weighted by Crippen LogP contribution is -2.71. The number of primary amides is 1. The molecule has 1 heterocycles. The number of carboxylic acids is 1. The summed E-state index contributed by atoms with van der Waals surface area (Å²) in [6, 6.07) is -0.525. The average Bonchev–Trinajstić information content (AvgIpc) is 3.27. The second-order valence-corrected chi connectivity index (χ2v) is 16.6. The number of allylic oxidation sites excluding steroid dienone is 2. The van der Waals surface area contributed by atoms with E-state index in [4.69, 9.17) is 15.2 Å². The highest BCUT2D eigenvalue weighted by atomic mass is 16.7. The molecule has 0 aromatic rings. The molecule has 1 saturated heterocycles. The lowest BCUT2D eigenvalue weighted by Gasteiger charge is -2.59. The van der Waals surface area contributed by atoms with Gasteiger partial charge in [-0.3, -0.25) is 9.59 Å². The van der Waals surface area contributed by atoms with E-state index in [0.29, 0.717) is 19.4 Å². The molecule has 0 aromatic heterocycles. The number of ether oxygens (including phenoxy) is 2. The number of carbonyl (C=O) groups is 3. The van der Waals surface area contributed by atoms with Gasteiger partial charge >= 0.3 is 12.0 Å². The fourth-order valence-electron chi connectivity index (χ4n) is 8.64. The first-order valence-corrected chi connectivity index (χ1v) is 19.9. The monoisotopic (exact) mass is 690 g/mol. The maximum absolute atomic E-state index is 13.6. The molecular weight excluding hydrogens is 618 g/mol. The van der Waals surface area contributed by atoms with E-state index in [0.717, 1.165) is 83.5 Å². The number of hydrogen-bond acceptors (Lipinski definition) is 5. The Morgan fingerprint density at radius 3 is 1.94 bits per heavy atom. The number of hydrogen-bond donors (Lipinski definition) is 3. The van der Waals surface area contributed by atoms with Crippen LogP contribution in [0.3, 0.4) is 0 Å². The number of nitrogens with zero attached hydrogens (tertiary/aromatic N) is 1. The summed E-state index contributed by atoms with van der Waals surface area (Å²) < 4.78 is 11.8.